The van der Waals surface area contributed by atoms with Crippen molar-refractivity contribution in [3.63, 3.8) is 0 Å². The smallest absolute Gasteiger partial charge is 0.101 e. The number of rotatable bonds is 4. The summed E-state index contributed by atoms with van der Waals surface area (Å²) in [5.74, 6) is 0.678. The molecule has 108 valence electrons. The van der Waals surface area contributed by atoms with Gasteiger partial charge in [-0.1, -0.05) is 12.1 Å². The van der Waals surface area contributed by atoms with E-state index < -0.39 is 0 Å². The van der Waals surface area contributed by atoms with Crippen LogP contribution >= 0.6 is 0 Å². The molecule has 0 radical (unpaired) electrons. The summed E-state index contributed by atoms with van der Waals surface area (Å²) in [6.07, 6.45) is 2.54. The molecule has 0 aromatic heterocycles. The van der Waals surface area contributed by atoms with Gasteiger partial charge in [-0.2, -0.15) is 5.26 Å². The summed E-state index contributed by atoms with van der Waals surface area (Å²) < 4.78 is 0. The molecular weight excluding hydrogens is 246 g/mol. The SMILES string of the molecule is Cc1cccc(C#N)c1N(CC1CCCNC1)C(C)C. The van der Waals surface area contributed by atoms with Crippen LogP contribution in [0.4, 0.5) is 5.69 Å². The summed E-state index contributed by atoms with van der Waals surface area (Å²) >= 11 is 0. The second kappa shape index (κ2) is 6.76. The second-order valence-electron chi connectivity index (χ2n) is 6.04. The summed E-state index contributed by atoms with van der Waals surface area (Å²) in [5, 5.41) is 12.9. The van der Waals surface area contributed by atoms with E-state index in [1.165, 1.54) is 18.4 Å². The first-order valence-electron chi connectivity index (χ1n) is 7.60. The highest BCUT2D eigenvalue weighted by atomic mass is 15.2. The third-order valence-electron chi connectivity index (χ3n) is 4.12. The molecule has 1 aromatic carbocycles. The van der Waals surface area contributed by atoms with Crippen LogP contribution in [0.1, 0.15) is 37.8 Å². The lowest BCUT2D eigenvalue weighted by Gasteiger charge is -2.36. The number of nitriles is 1. The minimum Gasteiger partial charge on any atom is -0.367 e. The van der Waals surface area contributed by atoms with Crippen molar-refractivity contribution in [1.82, 2.24) is 5.32 Å². The third kappa shape index (κ3) is 3.32. The molecule has 0 spiro atoms. The molecule has 1 saturated heterocycles. The fourth-order valence-electron chi connectivity index (χ4n) is 3.05. The van der Waals surface area contributed by atoms with E-state index in [-0.39, 0.29) is 0 Å². The largest absolute Gasteiger partial charge is 0.367 e. The summed E-state index contributed by atoms with van der Waals surface area (Å²) in [4.78, 5) is 2.41. The van der Waals surface area contributed by atoms with Gasteiger partial charge in [0, 0.05) is 12.6 Å². The van der Waals surface area contributed by atoms with E-state index in [2.05, 4.69) is 43.1 Å². The van der Waals surface area contributed by atoms with Crippen molar-refractivity contribution in [3.8, 4) is 6.07 Å². The molecule has 1 N–H and O–H groups in total. The lowest BCUT2D eigenvalue weighted by atomic mass is 9.97. The highest BCUT2D eigenvalue weighted by Crippen LogP contribution is 2.28. The highest BCUT2D eigenvalue weighted by Gasteiger charge is 2.22. The number of nitrogens with one attached hydrogen (secondary N) is 1. The molecule has 0 amide bonds. The number of piperidine rings is 1. The zero-order valence-electron chi connectivity index (χ0n) is 12.8. The van der Waals surface area contributed by atoms with E-state index in [1.54, 1.807) is 0 Å². The van der Waals surface area contributed by atoms with Crippen molar-refractivity contribution in [3.05, 3.63) is 29.3 Å². The van der Waals surface area contributed by atoms with Gasteiger partial charge in [-0.3, -0.25) is 0 Å². The predicted octanol–water partition coefficient (Wildman–Crippen LogP) is 3.08. The monoisotopic (exact) mass is 271 g/mol. The Morgan fingerprint density at radius 2 is 2.25 bits per heavy atom. The number of hydrogen-bond acceptors (Lipinski definition) is 3. The Kier molecular flexibility index (Phi) is 5.03. The maximum absolute atomic E-state index is 9.39. The van der Waals surface area contributed by atoms with Gasteiger partial charge in [0.15, 0.2) is 0 Å². The van der Waals surface area contributed by atoms with Crippen molar-refractivity contribution in [2.45, 2.75) is 39.7 Å². The molecule has 0 bridgehead atoms. The highest BCUT2D eigenvalue weighted by molar-refractivity contribution is 5.64. The van der Waals surface area contributed by atoms with E-state index >= 15 is 0 Å². The van der Waals surface area contributed by atoms with Crippen molar-refractivity contribution in [2.24, 2.45) is 5.92 Å². The van der Waals surface area contributed by atoms with E-state index in [9.17, 15) is 5.26 Å². The third-order valence-corrected chi connectivity index (χ3v) is 4.12. The van der Waals surface area contributed by atoms with E-state index in [0.29, 0.717) is 12.0 Å². The molecule has 1 fully saturated rings. The van der Waals surface area contributed by atoms with Gasteiger partial charge in [-0.05, 0) is 64.3 Å². The van der Waals surface area contributed by atoms with Crippen LogP contribution in [0.5, 0.6) is 0 Å². The topological polar surface area (TPSA) is 39.1 Å². The Balaban J connectivity index is 2.26. The molecule has 1 atom stereocenters. The number of hydrogen-bond donors (Lipinski definition) is 1. The molecular formula is C17H25N3. The van der Waals surface area contributed by atoms with Crippen LogP contribution < -0.4 is 10.2 Å². The number of nitrogens with zero attached hydrogens (tertiary/aromatic N) is 2. The van der Waals surface area contributed by atoms with Gasteiger partial charge in [-0.15, -0.1) is 0 Å². The van der Waals surface area contributed by atoms with Gasteiger partial charge in [0.25, 0.3) is 0 Å². The van der Waals surface area contributed by atoms with Crippen molar-refractivity contribution in [1.29, 1.82) is 5.26 Å². The number of benzene rings is 1. The van der Waals surface area contributed by atoms with Gasteiger partial charge >= 0.3 is 0 Å². The first-order valence-corrected chi connectivity index (χ1v) is 7.60. The van der Waals surface area contributed by atoms with Crippen LogP contribution in [0.3, 0.4) is 0 Å². The van der Waals surface area contributed by atoms with Crippen LogP contribution in [0, 0.1) is 24.2 Å². The normalized spacial score (nSPS) is 18.9. The molecule has 1 aliphatic rings. The number of para-hydroxylation sites is 1. The average Bonchev–Trinajstić information content (AvgIpc) is 2.46. The standard InChI is InChI=1S/C17H25N3/c1-13(2)20(12-15-7-5-9-19-11-15)17-14(3)6-4-8-16(17)10-18/h4,6,8,13,15,19H,5,7,9,11-12H2,1-3H3. The molecule has 3 heteroatoms. The molecule has 2 rings (SSSR count). The first kappa shape index (κ1) is 14.9. The fraction of sp³-hybridized carbons (Fsp3) is 0.588. The van der Waals surface area contributed by atoms with Crippen LogP contribution in [0.2, 0.25) is 0 Å². The van der Waals surface area contributed by atoms with Crippen LogP contribution in [0.15, 0.2) is 18.2 Å². The minimum absolute atomic E-state index is 0.408. The lowest BCUT2D eigenvalue weighted by Crippen LogP contribution is -2.41. The maximum Gasteiger partial charge on any atom is 0.101 e. The van der Waals surface area contributed by atoms with Gasteiger partial charge in [0.2, 0.25) is 0 Å². The predicted molar refractivity (Wildman–Crippen MR) is 84.0 cm³/mol. The number of aryl methyl sites for hydroxylation is 1. The summed E-state index contributed by atoms with van der Waals surface area (Å²) in [6, 6.07) is 8.76. The van der Waals surface area contributed by atoms with E-state index in [0.717, 1.165) is 30.9 Å². The van der Waals surface area contributed by atoms with Crippen molar-refractivity contribution < 1.29 is 0 Å². The summed E-state index contributed by atoms with van der Waals surface area (Å²) in [6.45, 7) is 9.80. The Morgan fingerprint density at radius 1 is 1.45 bits per heavy atom. The number of anilines is 1. The molecule has 3 nitrogen and oxygen atoms in total. The van der Waals surface area contributed by atoms with Crippen molar-refractivity contribution in [2.75, 3.05) is 24.5 Å². The molecule has 1 heterocycles. The van der Waals surface area contributed by atoms with Gasteiger partial charge < -0.3 is 10.2 Å². The van der Waals surface area contributed by atoms with Gasteiger partial charge in [0.05, 0.1) is 11.3 Å². The molecule has 20 heavy (non-hydrogen) atoms. The van der Waals surface area contributed by atoms with Gasteiger partial charge in [-0.25, -0.2) is 0 Å². The molecule has 0 saturated carbocycles. The summed E-state index contributed by atoms with van der Waals surface area (Å²) in [7, 11) is 0. The summed E-state index contributed by atoms with van der Waals surface area (Å²) in [5.41, 5.74) is 3.11. The van der Waals surface area contributed by atoms with Crippen LogP contribution in [-0.4, -0.2) is 25.7 Å². The Bertz CT molecular complexity index is 481. The Hall–Kier alpha value is -1.53. The van der Waals surface area contributed by atoms with Gasteiger partial charge in [0.1, 0.15) is 6.07 Å². The zero-order valence-corrected chi connectivity index (χ0v) is 12.8. The molecule has 1 unspecified atom stereocenters. The first-order chi connectivity index (χ1) is 9.63. The van der Waals surface area contributed by atoms with Crippen LogP contribution in [-0.2, 0) is 0 Å². The fourth-order valence-corrected chi connectivity index (χ4v) is 3.05. The Labute approximate surface area is 122 Å². The Morgan fingerprint density at radius 3 is 2.85 bits per heavy atom. The van der Waals surface area contributed by atoms with E-state index in [1.807, 2.05) is 12.1 Å². The lowest BCUT2D eigenvalue weighted by molar-refractivity contribution is 0.371. The minimum atomic E-state index is 0.408. The average molecular weight is 271 g/mol. The molecule has 0 aliphatic carbocycles. The van der Waals surface area contributed by atoms with E-state index in [4.69, 9.17) is 0 Å². The zero-order chi connectivity index (χ0) is 14.5. The quantitative estimate of drug-likeness (QED) is 0.914. The molecule has 1 aromatic rings. The maximum atomic E-state index is 9.39. The van der Waals surface area contributed by atoms with Crippen LogP contribution in [0.25, 0.3) is 0 Å². The van der Waals surface area contributed by atoms with Crippen molar-refractivity contribution >= 4 is 5.69 Å². The second-order valence-corrected chi connectivity index (χ2v) is 6.04. The molecule has 1 aliphatic heterocycles.